The zero-order valence-corrected chi connectivity index (χ0v) is 10.0. The lowest BCUT2D eigenvalue weighted by atomic mass is 9.94. The molecule has 1 fully saturated rings. The summed E-state index contributed by atoms with van der Waals surface area (Å²) in [5.74, 6) is 0.163. The van der Waals surface area contributed by atoms with Gasteiger partial charge in [0.25, 0.3) is 0 Å². The van der Waals surface area contributed by atoms with Crippen LogP contribution in [-0.4, -0.2) is 17.6 Å². The smallest absolute Gasteiger partial charge is 0.237 e. The van der Waals surface area contributed by atoms with Crippen molar-refractivity contribution in [2.24, 2.45) is 16.7 Å². The van der Waals surface area contributed by atoms with Crippen LogP contribution in [0.3, 0.4) is 0 Å². The second-order valence-electron chi connectivity index (χ2n) is 4.48. The van der Waals surface area contributed by atoms with Crippen LogP contribution in [-0.2, 0) is 14.3 Å². The fraction of sp³-hybridized carbons (Fsp3) is 0.385. The molecule has 0 N–H and O–H groups in total. The number of rotatable bonds is 3. The molecule has 3 aliphatic carbocycles. The van der Waals surface area contributed by atoms with E-state index in [1.807, 2.05) is 31.2 Å². The second kappa shape index (κ2) is 3.10. The van der Waals surface area contributed by atoms with Gasteiger partial charge in [-0.2, -0.15) is 0 Å². The second-order valence-corrected chi connectivity index (χ2v) is 4.82. The zero-order valence-electron chi connectivity index (χ0n) is 9.27. The van der Waals surface area contributed by atoms with Crippen molar-refractivity contribution in [1.82, 2.24) is 0 Å². The lowest BCUT2D eigenvalue weighted by Crippen LogP contribution is -2.24. The molecule has 1 spiro atoms. The van der Waals surface area contributed by atoms with E-state index in [1.54, 1.807) is 0 Å². The highest BCUT2D eigenvalue weighted by Gasteiger charge is 2.86. The average Bonchev–Trinajstić information content (AvgIpc) is 2.86. The molecule has 0 bridgehead atoms. The molecule has 17 heavy (non-hydrogen) atoms. The predicted molar refractivity (Wildman–Crippen MR) is 62.2 cm³/mol. The van der Waals surface area contributed by atoms with Crippen LogP contribution < -0.4 is 0 Å². The normalized spacial score (nSPS) is 40.7. The van der Waals surface area contributed by atoms with Gasteiger partial charge in [-0.25, -0.2) is 0 Å². The molecule has 3 atom stereocenters. The summed E-state index contributed by atoms with van der Waals surface area (Å²) < 4.78 is 5.51. The Morgan fingerprint density at radius 3 is 2.94 bits per heavy atom. The maximum atomic E-state index is 12.1. The third-order valence-corrected chi connectivity index (χ3v) is 4.27. The summed E-state index contributed by atoms with van der Waals surface area (Å²) in [6, 6.07) is 0. The first-order chi connectivity index (χ1) is 8.12. The molecule has 1 saturated carbocycles. The number of fused-ring (bicyclic) bond motifs is 1. The van der Waals surface area contributed by atoms with E-state index in [2.05, 4.69) is 0 Å². The molecular weight excluding hydrogens is 240 g/mol. The highest BCUT2D eigenvalue weighted by atomic mass is 35.5. The van der Waals surface area contributed by atoms with Gasteiger partial charge in [0.05, 0.1) is 12.0 Å². The molecule has 0 amide bonds. The molecular formula is C13H11ClO3. The molecule has 0 aromatic carbocycles. The Morgan fingerprint density at radius 1 is 1.53 bits per heavy atom. The van der Waals surface area contributed by atoms with E-state index < -0.39 is 16.1 Å². The summed E-state index contributed by atoms with van der Waals surface area (Å²) in [5.41, 5.74) is -1.78. The predicted octanol–water partition coefficient (Wildman–Crippen LogP) is 1.98. The minimum atomic E-state index is -1.14. The topological polar surface area (TPSA) is 43.4 Å². The van der Waals surface area contributed by atoms with Crippen molar-refractivity contribution in [2.45, 2.75) is 6.92 Å². The van der Waals surface area contributed by atoms with Gasteiger partial charge in [0.1, 0.15) is 11.2 Å². The quantitative estimate of drug-likeness (QED) is 0.568. The Morgan fingerprint density at radius 2 is 2.29 bits per heavy atom. The van der Waals surface area contributed by atoms with Gasteiger partial charge in [-0.05, 0) is 18.5 Å². The van der Waals surface area contributed by atoms with Gasteiger partial charge in [-0.3, -0.25) is 9.59 Å². The summed E-state index contributed by atoms with van der Waals surface area (Å²) in [4.78, 5) is 23.8. The molecule has 4 heteroatoms. The van der Waals surface area contributed by atoms with E-state index in [4.69, 9.17) is 16.3 Å². The standard InChI is InChI=1S/C13H11ClO3/c1-2-17-10-7-9(15)13(11(14)16)8-5-3-4-6-12(8,10)13/h3-8H,2H2,1H3. The van der Waals surface area contributed by atoms with Crippen LogP contribution in [0.25, 0.3) is 0 Å². The van der Waals surface area contributed by atoms with Crippen molar-refractivity contribution in [3.8, 4) is 0 Å². The zero-order chi connectivity index (χ0) is 12.3. The van der Waals surface area contributed by atoms with Gasteiger partial charge in [0.15, 0.2) is 5.78 Å². The number of ether oxygens (including phenoxy) is 1. The monoisotopic (exact) mass is 250 g/mol. The number of halogens is 1. The van der Waals surface area contributed by atoms with Gasteiger partial charge < -0.3 is 4.74 Å². The van der Waals surface area contributed by atoms with Crippen molar-refractivity contribution in [1.29, 1.82) is 0 Å². The summed E-state index contributed by atoms with van der Waals surface area (Å²) >= 11 is 5.68. The molecule has 3 unspecified atom stereocenters. The molecule has 3 aliphatic rings. The maximum Gasteiger partial charge on any atom is 0.237 e. The van der Waals surface area contributed by atoms with Crippen LogP contribution in [0.2, 0.25) is 0 Å². The van der Waals surface area contributed by atoms with Crippen LogP contribution in [0.15, 0.2) is 36.1 Å². The number of ketones is 1. The van der Waals surface area contributed by atoms with Crippen molar-refractivity contribution in [3.05, 3.63) is 36.1 Å². The molecule has 3 rings (SSSR count). The van der Waals surface area contributed by atoms with E-state index in [9.17, 15) is 9.59 Å². The van der Waals surface area contributed by atoms with Gasteiger partial charge in [-0.1, -0.05) is 24.3 Å². The van der Waals surface area contributed by atoms with Crippen molar-refractivity contribution < 1.29 is 14.3 Å². The van der Waals surface area contributed by atoms with Crippen LogP contribution in [0, 0.1) is 16.7 Å². The van der Waals surface area contributed by atoms with Gasteiger partial charge in [-0.15, -0.1) is 0 Å². The Kier molecular flexibility index (Phi) is 1.97. The number of carbonyl (C=O) groups excluding carboxylic acids is 2. The van der Waals surface area contributed by atoms with Crippen LogP contribution >= 0.6 is 11.6 Å². The largest absolute Gasteiger partial charge is 0.497 e. The molecule has 88 valence electrons. The molecule has 0 saturated heterocycles. The lowest BCUT2D eigenvalue weighted by Gasteiger charge is -2.16. The Hall–Kier alpha value is -1.35. The first-order valence-electron chi connectivity index (χ1n) is 5.57. The molecule has 0 heterocycles. The average molecular weight is 251 g/mol. The summed E-state index contributed by atoms with van der Waals surface area (Å²) in [5, 5.41) is -0.588. The third-order valence-electron chi connectivity index (χ3n) is 3.97. The first-order valence-corrected chi connectivity index (χ1v) is 5.95. The van der Waals surface area contributed by atoms with E-state index in [0.29, 0.717) is 12.4 Å². The van der Waals surface area contributed by atoms with Gasteiger partial charge in [0, 0.05) is 12.0 Å². The molecule has 3 nitrogen and oxygen atoms in total. The molecule has 0 radical (unpaired) electrons. The van der Waals surface area contributed by atoms with Gasteiger partial charge in [0.2, 0.25) is 5.24 Å². The SMILES string of the molecule is CCOC1=CC(=O)C2(C(=O)Cl)C3C=CC=CC132. The maximum absolute atomic E-state index is 12.1. The van der Waals surface area contributed by atoms with Crippen molar-refractivity contribution in [3.63, 3.8) is 0 Å². The first kappa shape index (κ1) is 10.8. The summed E-state index contributed by atoms with van der Waals surface area (Å²) in [6.07, 6.45) is 8.83. The Balaban J connectivity index is 2.15. The van der Waals surface area contributed by atoms with E-state index in [-0.39, 0.29) is 11.7 Å². The van der Waals surface area contributed by atoms with E-state index in [0.717, 1.165) is 0 Å². The number of carbonyl (C=O) groups is 2. The molecule has 0 aliphatic heterocycles. The minimum absolute atomic E-state index is 0.177. The number of hydrogen-bond acceptors (Lipinski definition) is 3. The molecule has 0 aromatic heterocycles. The minimum Gasteiger partial charge on any atom is -0.497 e. The lowest BCUT2D eigenvalue weighted by molar-refractivity contribution is -0.128. The number of hydrogen-bond donors (Lipinski definition) is 0. The third kappa shape index (κ3) is 0.914. The number of allylic oxidation sites excluding steroid dienone is 5. The van der Waals surface area contributed by atoms with Crippen LogP contribution in [0.1, 0.15) is 6.92 Å². The molecule has 0 aromatic rings. The van der Waals surface area contributed by atoms with Crippen molar-refractivity contribution in [2.75, 3.05) is 6.61 Å². The highest BCUT2D eigenvalue weighted by molar-refractivity contribution is 6.68. The fourth-order valence-electron chi connectivity index (χ4n) is 3.28. The fourth-order valence-corrected chi connectivity index (χ4v) is 3.64. The Bertz CT molecular complexity index is 517. The van der Waals surface area contributed by atoms with Crippen LogP contribution in [0.5, 0.6) is 0 Å². The Labute approximate surface area is 104 Å². The summed E-state index contributed by atoms with van der Waals surface area (Å²) in [7, 11) is 0. The van der Waals surface area contributed by atoms with E-state index in [1.165, 1.54) is 6.08 Å². The van der Waals surface area contributed by atoms with Gasteiger partial charge >= 0.3 is 0 Å². The van der Waals surface area contributed by atoms with Crippen molar-refractivity contribution >= 4 is 22.6 Å². The van der Waals surface area contributed by atoms with E-state index >= 15 is 0 Å². The van der Waals surface area contributed by atoms with Crippen LogP contribution in [0.4, 0.5) is 0 Å². The summed E-state index contributed by atoms with van der Waals surface area (Å²) in [6.45, 7) is 2.32. The highest BCUT2D eigenvalue weighted by Crippen LogP contribution is 2.79.